The lowest BCUT2D eigenvalue weighted by atomic mass is 10.1. The maximum atomic E-state index is 5.35. The van der Waals surface area contributed by atoms with Gasteiger partial charge in [0.25, 0.3) is 0 Å². The molecule has 0 unspecified atom stereocenters. The summed E-state index contributed by atoms with van der Waals surface area (Å²) in [4.78, 5) is 6.93. The van der Waals surface area contributed by atoms with E-state index in [1.165, 1.54) is 24.9 Å². The molecule has 100 valence electrons. The molecule has 18 heavy (non-hydrogen) atoms. The van der Waals surface area contributed by atoms with Gasteiger partial charge in [0, 0.05) is 18.8 Å². The Bertz CT molecular complexity index is 378. The van der Waals surface area contributed by atoms with Crippen LogP contribution in [0.1, 0.15) is 24.1 Å². The summed E-state index contributed by atoms with van der Waals surface area (Å²) in [5.41, 5.74) is 2.52. The van der Waals surface area contributed by atoms with Crippen molar-refractivity contribution in [3.8, 4) is 0 Å². The number of nitrogens with zero attached hydrogens (tertiary/aromatic N) is 2. The van der Waals surface area contributed by atoms with Crippen molar-refractivity contribution in [1.29, 1.82) is 0 Å². The Morgan fingerprint density at radius 2 is 2.06 bits per heavy atom. The topological polar surface area (TPSA) is 25.4 Å². The van der Waals surface area contributed by atoms with Crippen LogP contribution in [0.15, 0.2) is 16.7 Å². The minimum atomic E-state index is 0.899. The van der Waals surface area contributed by atoms with Crippen LogP contribution >= 0.6 is 15.9 Å². The quantitative estimate of drug-likeness (QED) is 0.617. The number of aryl methyl sites for hydroxylation is 2. The van der Waals surface area contributed by atoms with Gasteiger partial charge in [-0.15, -0.1) is 0 Å². The molecule has 2 rings (SSSR count). The molecule has 0 aliphatic carbocycles. The van der Waals surface area contributed by atoms with E-state index in [0.717, 1.165) is 43.0 Å². The fourth-order valence-corrected chi connectivity index (χ4v) is 2.70. The van der Waals surface area contributed by atoms with Crippen LogP contribution in [-0.4, -0.2) is 42.7 Å². The minimum Gasteiger partial charge on any atom is -0.379 e. The maximum absolute atomic E-state index is 5.35. The first-order chi connectivity index (χ1) is 8.75. The average molecular weight is 313 g/mol. The van der Waals surface area contributed by atoms with E-state index in [-0.39, 0.29) is 0 Å². The van der Waals surface area contributed by atoms with Gasteiger partial charge in [-0.25, -0.2) is 4.98 Å². The fraction of sp³-hybridized carbons (Fsp3) is 0.643. The standard InChI is InChI=1S/C14H21BrN2O/c1-12-13(5-6-14(15)16-12)4-2-3-7-17-8-10-18-11-9-17/h5-6H,2-4,7-11H2,1H3. The molecule has 4 heteroatoms. The smallest absolute Gasteiger partial charge is 0.106 e. The molecule has 1 saturated heterocycles. The van der Waals surface area contributed by atoms with Crippen LogP contribution in [0.25, 0.3) is 0 Å². The molecule has 0 N–H and O–H groups in total. The summed E-state index contributed by atoms with van der Waals surface area (Å²) in [6.07, 6.45) is 3.63. The molecule has 1 fully saturated rings. The van der Waals surface area contributed by atoms with Crippen molar-refractivity contribution in [2.75, 3.05) is 32.8 Å². The highest BCUT2D eigenvalue weighted by Crippen LogP contribution is 2.14. The first-order valence-corrected chi connectivity index (χ1v) is 7.47. The number of unbranched alkanes of at least 4 members (excludes halogenated alkanes) is 1. The molecule has 1 aromatic rings. The molecule has 0 radical (unpaired) electrons. The molecular weight excluding hydrogens is 292 g/mol. The Morgan fingerprint density at radius 1 is 1.28 bits per heavy atom. The number of hydrogen-bond donors (Lipinski definition) is 0. The minimum absolute atomic E-state index is 0.899. The van der Waals surface area contributed by atoms with Crippen molar-refractivity contribution >= 4 is 15.9 Å². The van der Waals surface area contributed by atoms with Gasteiger partial charge < -0.3 is 4.74 Å². The summed E-state index contributed by atoms with van der Waals surface area (Å²) in [6.45, 7) is 7.28. The molecule has 0 amide bonds. The Morgan fingerprint density at radius 3 is 2.78 bits per heavy atom. The number of morpholine rings is 1. The molecule has 3 nitrogen and oxygen atoms in total. The summed E-state index contributed by atoms with van der Waals surface area (Å²) in [5.74, 6) is 0. The van der Waals surface area contributed by atoms with Gasteiger partial charge in [0.05, 0.1) is 13.2 Å². The van der Waals surface area contributed by atoms with E-state index >= 15 is 0 Å². The highest BCUT2D eigenvalue weighted by atomic mass is 79.9. The van der Waals surface area contributed by atoms with E-state index < -0.39 is 0 Å². The SMILES string of the molecule is Cc1nc(Br)ccc1CCCCN1CCOCC1. The van der Waals surface area contributed by atoms with Crippen LogP contribution in [0, 0.1) is 6.92 Å². The van der Waals surface area contributed by atoms with Crippen LogP contribution in [0.2, 0.25) is 0 Å². The number of rotatable bonds is 5. The van der Waals surface area contributed by atoms with Crippen molar-refractivity contribution < 1.29 is 4.74 Å². The third-order valence-corrected chi connectivity index (χ3v) is 3.88. The highest BCUT2D eigenvalue weighted by Gasteiger charge is 2.09. The second-order valence-electron chi connectivity index (χ2n) is 4.79. The van der Waals surface area contributed by atoms with Gasteiger partial charge >= 0.3 is 0 Å². The van der Waals surface area contributed by atoms with Crippen LogP contribution in [0.5, 0.6) is 0 Å². The fourth-order valence-electron chi connectivity index (χ4n) is 2.30. The lowest BCUT2D eigenvalue weighted by Gasteiger charge is -2.26. The Labute approximate surface area is 118 Å². The van der Waals surface area contributed by atoms with E-state index in [4.69, 9.17) is 4.74 Å². The summed E-state index contributed by atoms with van der Waals surface area (Å²) >= 11 is 3.40. The molecule has 0 aromatic carbocycles. The highest BCUT2D eigenvalue weighted by molar-refractivity contribution is 9.10. The lowest BCUT2D eigenvalue weighted by Crippen LogP contribution is -2.36. The van der Waals surface area contributed by atoms with Crippen molar-refractivity contribution in [3.05, 3.63) is 28.0 Å². The summed E-state index contributed by atoms with van der Waals surface area (Å²) in [7, 11) is 0. The Balaban J connectivity index is 1.68. The number of halogens is 1. The first-order valence-electron chi connectivity index (χ1n) is 6.68. The molecule has 0 atom stereocenters. The van der Waals surface area contributed by atoms with Crippen molar-refractivity contribution in [2.24, 2.45) is 0 Å². The van der Waals surface area contributed by atoms with Gasteiger partial charge in [0.15, 0.2) is 0 Å². The first kappa shape index (κ1) is 14.0. The Hall–Kier alpha value is -0.450. The second-order valence-corrected chi connectivity index (χ2v) is 5.60. The van der Waals surface area contributed by atoms with Gasteiger partial charge in [-0.3, -0.25) is 4.90 Å². The van der Waals surface area contributed by atoms with E-state index in [9.17, 15) is 0 Å². The van der Waals surface area contributed by atoms with Crippen LogP contribution in [0.3, 0.4) is 0 Å². The van der Waals surface area contributed by atoms with Crippen molar-refractivity contribution in [2.45, 2.75) is 26.2 Å². The molecule has 0 saturated carbocycles. The zero-order valence-corrected chi connectivity index (χ0v) is 12.6. The molecular formula is C14H21BrN2O. The number of ether oxygens (including phenoxy) is 1. The van der Waals surface area contributed by atoms with Crippen LogP contribution < -0.4 is 0 Å². The Kier molecular flexibility index (Phi) is 5.60. The third-order valence-electron chi connectivity index (χ3n) is 3.44. The third kappa shape index (κ3) is 4.34. The van der Waals surface area contributed by atoms with E-state index in [0.29, 0.717) is 0 Å². The van der Waals surface area contributed by atoms with Crippen LogP contribution in [0.4, 0.5) is 0 Å². The summed E-state index contributed by atoms with van der Waals surface area (Å²) in [6, 6.07) is 4.21. The van der Waals surface area contributed by atoms with Crippen LogP contribution in [-0.2, 0) is 11.2 Å². The zero-order valence-electron chi connectivity index (χ0n) is 11.0. The maximum Gasteiger partial charge on any atom is 0.106 e. The second kappa shape index (κ2) is 7.22. The summed E-state index contributed by atoms with van der Waals surface area (Å²) < 4.78 is 6.28. The number of aromatic nitrogens is 1. The lowest BCUT2D eigenvalue weighted by molar-refractivity contribution is 0.0372. The molecule has 0 spiro atoms. The normalized spacial score (nSPS) is 17.0. The van der Waals surface area contributed by atoms with Crippen molar-refractivity contribution in [3.63, 3.8) is 0 Å². The predicted molar refractivity (Wildman–Crippen MR) is 76.9 cm³/mol. The summed E-state index contributed by atoms with van der Waals surface area (Å²) in [5, 5.41) is 0. The van der Waals surface area contributed by atoms with Crippen molar-refractivity contribution in [1.82, 2.24) is 9.88 Å². The molecule has 1 aromatic heterocycles. The predicted octanol–water partition coefficient (Wildman–Crippen LogP) is 2.81. The molecule has 1 aliphatic rings. The number of pyridine rings is 1. The number of hydrogen-bond acceptors (Lipinski definition) is 3. The van der Waals surface area contributed by atoms with Gasteiger partial charge in [-0.05, 0) is 60.3 Å². The van der Waals surface area contributed by atoms with E-state index in [1.54, 1.807) is 0 Å². The van der Waals surface area contributed by atoms with Gasteiger partial charge in [-0.2, -0.15) is 0 Å². The van der Waals surface area contributed by atoms with E-state index in [2.05, 4.69) is 38.8 Å². The van der Waals surface area contributed by atoms with E-state index in [1.807, 2.05) is 6.07 Å². The zero-order chi connectivity index (χ0) is 12.8. The molecule has 0 bridgehead atoms. The molecule has 1 aliphatic heterocycles. The average Bonchev–Trinajstić information content (AvgIpc) is 2.38. The van der Waals surface area contributed by atoms with Gasteiger partial charge in [0.2, 0.25) is 0 Å². The monoisotopic (exact) mass is 312 g/mol. The largest absolute Gasteiger partial charge is 0.379 e. The van der Waals surface area contributed by atoms with Gasteiger partial charge in [0.1, 0.15) is 4.60 Å². The molecule has 2 heterocycles. The van der Waals surface area contributed by atoms with Gasteiger partial charge in [-0.1, -0.05) is 6.07 Å².